The molecule has 0 aromatic carbocycles. The number of alkyl halides is 3. The lowest BCUT2D eigenvalue weighted by molar-refractivity contribution is -0.134. The van der Waals surface area contributed by atoms with Crippen molar-refractivity contribution in [2.45, 2.75) is 19.2 Å². The lowest BCUT2D eigenvalue weighted by Crippen LogP contribution is -2.38. The number of rotatable bonds is 2. The van der Waals surface area contributed by atoms with Crippen molar-refractivity contribution in [3.05, 3.63) is 27.2 Å². The molecule has 2 aromatic heterocycles. The second kappa shape index (κ2) is 5.54. The minimum absolute atomic E-state index is 0.212. The summed E-state index contributed by atoms with van der Waals surface area (Å²) < 4.78 is 43.6. The van der Waals surface area contributed by atoms with Gasteiger partial charge < -0.3 is 9.64 Å². The van der Waals surface area contributed by atoms with Crippen LogP contribution in [0.3, 0.4) is 0 Å². The Morgan fingerprint density at radius 3 is 2.86 bits per heavy atom. The Balaban J connectivity index is 1.75. The zero-order chi connectivity index (χ0) is 15.0. The second-order valence-electron chi connectivity index (χ2n) is 4.64. The Hall–Kier alpha value is -1.19. The molecule has 0 aliphatic carbocycles. The first-order valence-corrected chi connectivity index (χ1v) is 7.94. The standard InChI is InChI=1S/C12H12F3N3OS2/c1-7-6-20-10(17-7)8-5-18(2-3-19-8)11-16-4-9(21-11)12(13,14)15/h4,6,8H,2-3,5H2,1H3. The van der Waals surface area contributed by atoms with Gasteiger partial charge in [0.05, 0.1) is 19.3 Å². The highest BCUT2D eigenvalue weighted by molar-refractivity contribution is 7.15. The number of hydrogen-bond acceptors (Lipinski definition) is 6. The Kier molecular flexibility index (Phi) is 3.89. The molecule has 9 heteroatoms. The highest BCUT2D eigenvalue weighted by Gasteiger charge is 2.34. The van der Waals surface area contributed by atoms with E-state index in [2.05, 4.69) is 9.97 Å². The number of anilines is 1. The molecule has 0 saturated carbocycles. The Labute approximate surface area is 127 Å². The summed E-state index contributed by atoms with van der Waals surface area (Å²) >= 11 is 2.17. The van der Waals surface area contributed by atoms with E-state index in [1.54, 1.807) is 0 Å². The molecule has 114 valence electrons. The summed E-state index contributed by atoms with van der Waals surface area (Å²) in [6.45, 7) is 3.35. The third-order valence-electron chi connectivity index (χ3n) is 3.02. The van der Waals surface area contributed by atoms with Gasteiger partial charge in [-0.05, 0) is 6.92 Å². The van der Waals surface area contributed by atoms with E-state index >= 15 is 0 Å². The summed E-state index contributed by atoms with van der Waals surface area (Å²) in [6.07, 6.45) is -3.66. The summed E-state index contributed by atoms with van der Waals surface area (Å²) in [5.41, 5.74) is 0.921. The van der Waals surface area contributed by atoms with Gasteiger partial charge in [0.15, 0.2) is 5.13 Å². The maximum absolute atomic E-state index is 12.6. The number of aryl methyl sites for hydroxylation is 1. The first kappa shape index (κ1) is 14.7. The summed E-state index contributed by atoms with van der Waals surface area (Å²) in [4.78, 5) is 9.42. The predicted octanol–water partition coefficient (Wildman–Crippen LogP) is 3.50. The van der Waals surface area contributed by atoms with Gasteiger partial charge in [0.2, 0.25) is 0 Å². The van der Waals surface area contributed by atoms with Crippen LogP contribution >= 0.6 is 22.7 Å². The molecule has 1 atom stereocenters. The summed E-state index contributed by atoms with van der Waals surface area (Å²) in [5.74, 6) is 0. The van der Waals surface area contributed by atoms with Crippen molar-refractivity contribution < 1.29 is 17.9 Å². The monoisotopic (exact) mass is 335 g/mol. The van der Waals surface area contributed by atoms with Crippen LogP contribution in [-0.2, 0) is 10.9 Å². The molecule has 3 rings (SSSR count). The van der Waals surface area contributed by atoms with Crippen molar-refractivity contribution in [3.63, 3.8) is 0 Å². The SMILES string of the molecule is Cc1csc(C2CN(c3ncc(C(F)(F)F)s3)CCO2)n1. The van der Waals surface area contributed by atoms with Crippen molar-refractivity contribution in [2.24, 2.45) is 0 Å². The third-order valence-corrected chi connectivity index (χ3v) is 5.18. The van der Waals surface area contributed by atoms with E-state index in [1.165, 1.54) is 11.3 Å². The smallest absolute Gasteiger partial charge is 0.367 e. The molecule has 4 nitrogen and oxygen atoms in total. The number of halogens is 3. The number of nitrogens with zero attached hydrogens (tertiary/aromatic N) is 3. The Morgan fingerprint density at radius 1 is 1.43 bits per heavy atom. The van der Waals surface area contributed by atoms with Crippen LogP contribution in [0.15, 0.2) is 11.6 Å². The van der Waals surface area contributed by atoms with Crippen LogP contribution < -0.4 is 4.90 Å². The topological polar surface area (TPSA) is 38.2 Å². The molecular formula is C12H12F3N3OS2. The van der Waals surface area contributed by atoms with E-state index in [0.717, 1.165) is 16.9 Å². The maximum atomic E-state index is 12.6. The zero-order valence-corrected chi connectivity index (χ0v) is 12.7. The van der Waals surface area contributed by atoms with Crippen molar-refractivity contribution in [1.29, 1.82) is 0 Å². The van der Waals surface area contributed by atoms with Gasteiger partial charge in [0.25, 0.3) is 0 Å². The van der Waals surface area contributed by atoms with Crippen molar-refractivity contribution >= 4 is 27.8 Å². The van der Waals surface area contributed by atoms with Crippen LogP contribution in [0.4, 0.5) is 18.3 Å². The fourth-order valence-corrected chi connectivity index (χ4v) is 3.69. The van der Waals surface area contributed by atoms with Gasteiger partial charge >= 0.3 is 6.18 Å². The number of hydrogen-bond donors (Lipinski definition) is 0. The van der Waals surface area contributed by atoms with E-state index in [9.17, 15) is 13.2 Å². The van der Waals surface area contributed by atoms with E-state index in [4.69, 9.17) is 4.74 Å². The summed E-state index contributed by atoms with van der Waals surface area (Å²) in [7, 11) is 0. The van der Waals surface area contributed by atoms with Crippen LogP contribution in [-0.4, -0.2) is 29.7 Å². The molecule has 1 saturated heterocycles. The number of ether oxygens (including phenoxy) is 1. The highest BCUT2D eigenvalue weighted by Crippen LogP contribution is 2.37. The third kappa shape index (κ3) is 3.19. The molecule has 3 heterocycles. The van der Waals surface area contributed by atoms with Gasteiger partial charge in [-0.3, -0.25) is 0 Å². The first-order valence-electron chi connectivity index (χ1n) is 6.25. The molecule has 0 N–H and O–H groups in total. The van der Waals surface area contributed by atoms with Crippen LogP contribution in [0.1, 0.15) is 21.7 Å². The molecule has 0 amide bonds. The highest BCUT2D eigenvalue weighted by atomic mass is 32.1. The van der Waals surface area contributed by atoms with E-state index in [1.807, 2.05) is 17.2 Å². The van der Waals surface area contributed by atoms with E-state index in [-0.39, 0.29) is 6.10 Å². The fraction of sp³-hybridized carbons (Fsp3) is 0.500. The Bertz CT molecular complexity index is 625. The van der Waals surface area contributed by atoms with Crippen LogP contribution in [0, 0.1) is 6.92 Å². The minimum Gasteiger partial charge on any atom is -0.367 e. The van der Waals surface area contributed by atoms with Gasteiger partial charge in [-0.1, -0.05) is 11.3 Å². The number of aromatic nitrogens is 2. The average molecular weight is 335 g/mol. The maximum Gasteiger partial charge on any atom is 0.427 e. The normalized spacial score (nSPS) is 20.0. The van der Waals surface area contributed by atoms with E-state index in [0.29, 0.717) is 36.2 Å². The summed E-state index contributed by atoms with van der Waals surface area (Å²) in [6, 6.07) is 0. The van der Waals surface area contributed by atoms with Crippen molar-refractivity contribution in [3.8, 4) is 0 Å². The first-order chi connectivity index (χ1) is 9.93. The van der Waals surface area contributed by atoms with Gasteiger partial charge in [0.1, 0.15) is 16.0 Å². The number of morpholine rings is 1. The lowest BCUT2D eigenvalue weighted by Gasteiger charge is -2.31. The molecule has 1 aliphatic heterocycles. The van der Waals surface area contributed by atoms with Gasteiger partial charge in [0, 0.05) is 17.6 Å². The molecule has 1 fully saturated rings. The quantitative estimate of drug-likeness (QED) is 0.842. The van der Waals surface area contributed by atoms with Gasteiger partial charge in [-0.25, -0.2) is 9.97 Å². The fourth-order valence-electron chi connectivity index (χ4n) is 2.03. The molecule has 21 heavy (non-hydrogen) atoms. The molecule has 0 bridgehead atoms. The van der Waals surface area contributed by atoms with Gasteiger partial charge in [-0.2, -0.15) is 13.2 Å². The molecule has 1 unspecified atom stereocenters. The number of thiazole rings is 2. The molecule has 2 aromatic rings. The molecule has 0 spiro atoms. The van der Waals surface area contributed by atoms with E-state index < -0.39 is 11.1 Å². The van der Waals surface area contributed by atoms with Crippen LogP contribution in [0.5, 0.6) is 0 Å². The zero-order valence-electron chi connectivity index (χ0n) is 11.1. The van der Waals surface area contributed by atoms with Gasteiger partial charge in [-0.15, -0.1) is 11.3 Å². The van der Waals surface area contributed by atoms with Crippen molar-refractivity contribution in [1.82, 2.24) is 9.97 Å². The average Bonchev–Trinajstić information content (AvgIpc) is 3.07. The molecule has 1 aliphatic rings. The predicted molar refractivity (Wildman–Crippen MR) is 74.9 cm³/mol. The molecular weight excluding hydrogens is 323 g/mol. The molecule has 0 radical (unpaired) electrons. The Morgan fingerprint density at radius 2 is 2.24 bits per heavy atom. The van der Waals surface area contributed by atoms with Crippen LogP contribution in [0.25, 0.3) is 0 Å². The van der Waals surface area contributed by atoms with Crippen molar-refractivity contribution in [2.75, 3.05) is 24.6 Å². The lowest BCUT2D eigenvalue weighted by atomic mass is 10.3. The summed E-state index contributed by atoms with van der Waals surface area (Å²) in [5, 5.41) is 3.16. The largest absolute Gasteiger partial charge is 0.427 e. The minimum atomic E-state index is -4.34. The second-order valence-corrected chi connectivity index (χ2v) is 6.54. The van der Waals surface area contributed by atoms with Crippen LogP contribution in [0.2, 0.25) is 0 Å².